The molecule has 24 heavy (non-hydrogen) atoms. The lowest BCUT2D eigenvalue weighted by Gasteiger charge is -2.24. The molecule has 2 heterocycles. The van der Waals surface area contributed by atoms with E-state index in [9.17, 15) is 10.1 Å². The summed E-state index contributed by atoms with van der Waals surface area (Å²) < 4.78 is 0. The summed E-state index contributed by atoms with van der Waals surface area (Å²) in [6.45, 7) is 1.76. The van der Waals surface area contributed by atoms with E-state index in [0.29, 0.717) is 21.2 Å². The zero-order valence-corrected chi connectivity index (χ0v) is 14.8. The Labute approximate surface area is 150 Å². The highest BCUT2D eigenvalue weighted by atomic mass is 35.5. The Morgan fingerprint density at radius 1 is 1.46 bits per heavy atom. The number of nitrogens with zero attached hydrogens (tertiary/aromatic N) is 3. The molecule has 0 N–H and O–H groups in total. The van der Waals surface area contributed by atoms with Gasteiger partial charge < -0.3 is 4.90 Å². The van der Waals surface area contributed by atoms with Crippen molar-refractivity contribution in [1.29, 1.82) is 5.26 Å². The summed E-state index contributed by atoms with van der Waals surface area (Å²) in [5, 5.41) is 10.6. The molecule has 3 rings (SSSR count). The van der Waals surface area contributed by atoms with Crippen molar-refractivity contribution in [3.05, 3.63) is 57.7 Å². The summed E-state index contributed by atoms with van der Waals surface area (Å²) in [5.41, 5.74) is 3.25. The van der Waals surface area contributed by atoms with E-state index in [0.717, 1.165) is 30.8 Å². The minimum atomic E-state index is -0.0226. The number of hydrogen-bond donors (Lipinski definition) is 0. The molecule has 1 aliphatic heterocycles. The third kappa shape index (κ3) is 3.78. The van der Waals surface area contributed by atoms with E-state index in [2.05, 4.69) is 23.0 Å². The average Bonchev–Trinajstić information content (AvgIpc) is 2.58. The minimum Gasteiger partial charge on any atom is -0.302 e. The number of Topliss-reactive ketones (excluding diaryl/α,β-unsaturated/α-hetero) is 1. The fourth-order valence-electron chi connectivity index (χ4n) is 2.66. The lowest BCUT2D eigenvalue weighted by atomic mass is 10.0. The molecule has 0 saturated heterocycles. The third-order valence-electron chi connectivity index (χ3n) is 3.93. The van der Waals surface area contributed by atoms with Crippen molar-refractivity contribution in [2.24, 2.45) is 0 Å². The highest BCUT2D eigenvalue weighted by molar-refractivity contribution is 8.00. The first-order valence-corrected chi connectivity index (χ1v) is 8.96. The minimum absolute atomic E-state index is 0.0226. The van der Waals surface area contributed by atoms with Crippen LogP contribution in [0.25, 0.3) is 0 Å². The number of likely N-dealkylation sites (N-methyl/N-ethyl adjacent to an activating group) is 1. The van der Waals surface area contributed by atoms with Crippen LogP contribution in [0.4, 0.5) is 0 Å². The number of nitriles is 1. The summed E-state index contributed by atoms with van der Waals surface area (Å²) >= 11 is 7.24. The standard InChI is InChI=1S/C18H16ClN3OS/c1-22-6-5-16-14(10-22)7-13(9-20)18(21-16)24-11-17(23)12-3-2-4-15(19)8-12/h2-4,7-8H,5-6,10-11H2,1H3. The maximum atomic E-state index is 12.3. The van der Waals surface area contributed by atoms with Gasteiger partial charge in [0.2, 0.25) is 0 Å². The largest absolute Gasteiger partial charge is 0.302 e. The SMILES string of the molecule is CN1CCc2nc(SCC(=O)c3cccc(Cl)c3)c(C#N)cc2C1. The molecule has 1 aliphatic rings. The maximum Gasteiger partial charge on any atom is 0.173 e. The molecular formula is C18H16ClN3OS. The summed E-state index contributed by atoms with van der Waals surface area (Å²) in [7, 11) is 2.06. The van der Waals surface area contributed by atoms with Crippen molar-refractivity contribution in [2.45, 2.75) is 18.0 Å². The predicted octanol–water partition coefficient (Wildman–Crippen LogP) is 3.57. The molecule has 0 unspecified atom stereocenters. The van der Waals surface area contributed by atoms with Crippen LogP contribution < -0.4 is 0 Å². The lowest BCUT2D eigenvalue weighted by molar-refractivity contribution is 0.102. The number of thioether (sulfide) groups is 1. The maximum absolute atomic E-state index is 12.3. The molecule has 4 nitrogen and oxygen atoms in total. The Morgan fingerprint density at radius 2 is 2.29 bits per heavy atom. The van der Waals surface area contributed by atoms with E-state index in [1.807, 2.05) is 6.07 Å². The van der Waals surface area contributed by atoms with Crippen LogP contribution in [0.15, 0.2) is 35.4 Å². The molecular weight excluding hydrogens is 342 g/mol. The summed E-state index contributed by atoms with van der Waals surface area (Å²) in [5.74, 6) is 0.214. The number of halogens is 1. The van der Waals surface area contributed by atoms with Gasteiger partial charge in [0.25, 0.3) is 0 Å². The van der Waals surface area contributed by atoms with Gasteiger partial charge in [-0.05, 0) is 30.8 Å². The molecule has 0 atom stereocenters. The molecule has 2 aromatic rings. The molecule has 0 bridgehead atoms. The molecule has 122 valence electrons. The Morgan fingerprint density at radius 3 is 3.04 bits per heavy atom. The van der Waals surface area contributed by atoms with Gasteiger partial charge >= 0.3 is 0 Å². The van der Waals surface area contributed by atoms with Crippen molar-refractivity contribution in [3.63, 3.8) is 0 Å². The number of aromatic nitrogens is 1. The number of pyridine rings is 1. The van der Waals surface area contributed by atoms with Gasteiger partial charge in [-0.2, -0.15) is 5.26 Å². The molecule has 1 aromatic carbocycles. The first-order chi connectivity index (χ1) is 11.6. The van der Waals surface area contributed by atoms with Crippen molar-refractivity contribution < 1.29 is 4.79 Å². The fraction of sp³-hybridized carbons (Fsp3) is 0.278. The molecule has 1 aromatic heterocycles. The first-order valence-electron chi connectivity index (χ1n) is 7.60. The van der Waals surface area contributed by atoms with Gasteiger partial charge in [-0.1, -0.05) is 35.5 Å². The summed E-state index contributed by atoms with van der Waals surface area (Å²) in [6, 6.07) is 11.0. The summed E-state index contributed by atoms with van der Waals surface area (Å²) in [4.78, 5) is 19.2. The second kappa shape index (κ2) is 7.35. The molecule has 0 fully saturated rings. The van der Waals surface area contributed by atoms with Crippen molar-refractivity contribution in [3.8, 4) is 6.07 Å². The molecule has 6 heteroatoms. The zero-order valence-electron chi connectivity index (χ0n) is 13.3. The Hall–Kier alpha value is -1.87. The fourth-order valence-corrected chi connectivity index (χ4v) is 3.72. The highest BCUT2D eigenvalue weighted by Gasteiger charge is 2.19. The number of hydrogen-bond acceptors (Lipinski definition) is 5. The van der Waals surface area contributed by atoms with Gasteiger partial charge in [0.15, 0.2) is 5.78 Å². The number of carbonyl (C=O) groups excluding carboxylic acids is 1. The van der Waals surface area contributed by atoms with Crippen LogP contribution >= 0.6 is 23.4 Å². The monoisotopic (exact) mass is 357 g/mol. The van der Waals surface area contributed by atoms with Gasteiger partial charge in [-0.25, -0.2) is 4.98 Å². The van der Waals surface area contributed by atoms with Crippen LogP contribution in [0.1, 0.15) is 27.2 Å². The molecule has 0 saturated carbocycles. The second-order valence-corrected chi connectivity index (χ2v) is 7.17. The van der Waals surface area contributed by atoms with Crippen molar-refractivity contribution in [2.75, 3.05) is 19.3 Å². The van der Waals surface area contributed by atoms with Crippen LogP contribution in [-0.4, -0.2) is 35.0 Å². The van der Waals surface area contributed by atoms with Gasteiger partial charge in [-0.15, -0.1) is 0 Å². The average molecular weight is 358 g/mol. The molecule has 0 spiro atoms. The summed E-state index contributed by atoms with van der Waals surface area (Å²) in [6.07, 6.45) is 0.868. The Kier molecular flexibility index (Phi) is 5.20. The number of carbonyl (C=O) groups is 1. The van der Waals surface area contributed by atoms with Crippen LogP contribution in [0.3, 0.4) is 0 Å². The lowest BCUT2D eigenvalue weighted by Crippen LogP contribution is -2.27. The van der Waals surface area contributed by atoms with Crippen LogP contribution in [0, 0.1) is 11.3 Å². The van der Waals surface area contributed by atoms with Gasteiger partial charge in [0.05, 0.1) is 11.3 Å². The third-order valence-corrected chi connectivity index (χ3v) is 5.16. The van der Waals surface area contributed by atoms with Crippen LogP contribution in [0.2, 0.25) is 5.02 Å². The Balaban J connectivity index is 1.78. The van der Waals surface area contributed by atoms with Gasteiger partial charge in [-0.3, -0.25) is 4.79 Å². The van der Waals surface area contributed by atoms with E-state index in [1.165, 1.54) is 11.8 Å². The van der Waals surface area contributed by atoms with Crippen molar-refractivity contribution >= 4 is 29.1 Å². The quantitative estimate of drug-likeness (QED) is 0.618. The van der Waals surface area contributed by atoms with E-state index >= 15 is 0 Å². The van der Waals surface area contributed by atoms with Gasteiger partial charge in [0.1, 0.15) is 11.1 Å². The highest BCUT2D eigenvalue weighted by Crippen LogP contribution is 2.26. The number of fused-ring (bicyclic) bond motifs is 1. The predicted molar refractivity (Wildman–Crippen MR) is 95.5 cm³/mol. The smallest absolute Gasteiger partial charge is 0.173 e. The van der Waals surface area contributed by atoms with Crippen molar-refractivity contribution in [1.82, 2.24) is 9.88 Å². The normalized spacial score (nSPS) is 14.0. The zero-order chi connectivity index (χ0) is 17.1. The number of rotatable bonds is 4. The van der Waals surface area contributed by atoms with E-state index in [-0.39, 0.29) is 11.5 Å². The van der Waals surface area contributed by atoms with E-state index < -0.39 is 0 Å². The van der Waals surface area contributed by atoms with Crippen LogP contribution in [-0.2, 0) is 13.0 Å². The van der Waals surface area contributed by atoms with E-state index in [1.54, 1.807) is 24.3 Å². The second-order valence-electron chi connectivity index (χ2n) is 5.77. The first kappa shape index (κ1) is 17.0. The van der Waals surface area contributed by atoms with Gasteiger partial charge in [0, 0.05) is 35.8 Å². The molecule has 0 amide bonds. The molecule has 0 radical (unpaired) electrons. The number of benzene rings is 1. The Bertz CT molecular complexity index is 831. The topological polar surface area (TPSA) is 57.0 Å². The number of ketones is 1. The van der Waals surface area contributed by atoms with Crippen LogP contribution in [0.5, 0.6) is 0 Å². The van der Waals surface area contributed by atoms with E-state index in [4.69, 9.17) is 11.6 Å². The molecule has 0 aliphatic carbocycles.